The Morgan fingerprint density at radius 3 is 3.00 bits per heavy atom. The first-order valence-corrected chi connectivity index (χ1v) is 5.94. The molecule has 0 radical (unpaired) electrons. The summed E-state index contributed by atoms with van der Waals surface area (Å²) >= 11 is 11.1. The summed E-state index contributed by atoms with van der Waals surface area (Å²) in [7, 11) is 0. The molecule has 0 atom stereocenters. The summed E-state index contributed by atoms with van der Waals surface area (Å²) in [6.45, 7) is 2.11. The van der Waals surface area contributed by atoms with Crippen LogP contribution in [0.5, 0.6) is 0 Å². The SMILES string of the molecule is CCc1nc2cc(Cl)c(Br)cc2s1. The molecular weight excluding hydrogens is 270 g/mol. The zero-order valence-electron chi connectivity index (χ0n) is 6.97. The highest BCUT2D eigenvalue weighted by molar-refractivity contribution is 9.10. The lowest BCUT2D eigenvalue weighted by atomic mass is 10.3. The highest BCUT2D eigenvalue weighted by atomic mass is 79.9. The Labute approximate surface area is 93.9 Å². The Morgan fingerprint density at radius 1 is 1.54 bits per heavy atom. The molecule has 0 aliphatic rings. The van der Waals surface area contributed by atoms with Gasteiger partial charge in [0, 0.05) is 4.47 Å². The fourth-order valence-electron chi connectivity index (χ4n) is 1.12. The third kappa shape index (κ3) is 1.73. The lowest BCUT2D eigenvalue weighted by Crippen LogP contribution is -1.74. The molecule has 0 bridgehead atoms. The summed E-state index contributed by atoms with van der Waals surface area (Å²) in [6, 6.07) is 3.92. The number of rotatable bonds is 1. The summed E-state index contributed by atoms with van der Waals surface area (Å²) in [5.74, 6) is 0. The van der Waals surface area contributed by atoms with Gasteiger partial charge in [-0.15, -0.1) is 11.3 Å². The summed E-state index contributed by atoms with van der Waals surface area (Å²) in [5, 5.41) is 1.88. The molecule has 0 fully saturated rings. The van der Waals surface area contributed by atoms with Crippen LogP contribution < -0.4 is 0 Å². The molecule has 13 heavy (non-hydrogen) atoms. The molecule has 1 heterocycles. The number of benzene rings is 1. The normalized spacial score (nSPS) is 11.0. The van der Waals surface area contributed by atoms with E-state index in [2.05, 4.69) is 27.8 Å². The molecular formula is C9H7BrClNS. The Bertz CT molecular complexity index is 413. The van der Waals surface area contributed by atoms with Crippen LogP contribution in [0.1, 0.15) is 11.9 Å². The van der Waals surface area contributed by atoms with E-state index < -0.39 is 0 Å². The third-order valence-corrected chi connectivity index (χ3v) is 4.14. The lowest BCUT2D eigenvalue weighted by molar-refractivity contribution is 1.11. The molecule has 0 aliphatic carbocycles. The van der Waals surface area contributed by atoms with E-state index >= 15 is 0 Å². The van der Waals surface area contributed by atoms with E-state index in [1.807, 2.05) is 12.1 Å². The topological polar surface area (TPSA) is 12.9 Å². The van der Waals surface area contributed by atoms with Crippen molar-refractivity contribution in [2.45, 2.75) is 13.3 Å². The van der Waals surface area contributed by atoms with E-state index in [-0.39, 0.29) is 0 Å². The number of hydrogen-bond donors (Lipinski definition) is 0. The molecule has 0 saturated carbocycles. The maximum absolute atomic E-state index is 5.96. The molecule has 0 amide bonds. The van der Waals surface area contributed by atoms with E-state index in [4.69, 9.17) is 11.6 Å². The van der Waals surface area contributed by atoms with Crippen LogP contribution in [0.15, 0.2) is 16.6 Å². The van der Waals surface area contributed by atoms with Gasteiger partial charge < -0.3 is 0 Å². The largest absolute Gasteiger partial charge is 0.241 e. The van der Waals surface area contributed by atoms with Crippen molar-refractivity contribution in [3.63, 3.8) is 0 Å². The van der Waals surface area contributed by atoms with Gasteiger partial charge in [0.15, 0.2) is 0 Å². The van der Waals surface area contributed by atoms with Gasteiger partial charge in [0.2, 0.25) is 0 Å². The van der Waals surface area contributed by atoms with E-state index in [1.165, 1.54) is 4.70 Å². The van der Waals surface area contributed by atoms with Gasteiger partial charge >= 0.3 is 0 Å². The van der Waals surface area contributed by atoms with Gasteiger partial charge in [-0.2, -0.15) is 0 Å². The minimum atomic E-state index is 0.723. The molecule has 0 N–H and O–H groups in total. The van der Waals surface area contributed by atoms with Crippen LogP contribution in [-0.2, 0) is 6.42 Å². The van der Waals surface area contributed by atoms with Crippen molar-refractivity contribution < 1.29 is 0 Å². The van der Waals surface area contributed by atoms with Crippen LogP contribution in [0.2, 0.25) is 5.02 Å². The average molecular weight is 277 g/mol. The maximum Gasteiger partial charge on any atom is 0.0935 e. The number of nitrogens with zero attached hydrogens (tertiary/aromatic N) is 1. The van der Waals surface area contributed by atoms with Gasteiger partial charge in [0.25, 0.3) is 0 Å². The molecule has 1 nitrogen and oxygen atoms in total. The average Bonchev–Trinajstić information content (AvgIpc) is 2.48. The van der Waals surface area contributed by atoms with Gasteiger partial charge in [-0.3, -0.25) is 0 Å². The predicted octanol–water partition coefficient (Wildman–Crippen LogP) is 4.27. The molecule has 0 aliphatic heterocycles. The van der Waals surface area contributed by atoms with Crippen LogP contribution in [-0.4, -0.2) is 4.98 Å². The number of aryl methyl sites for hydroxylation is 1. The second kappa shape index (κ2) is 3.56. The Balaban J connectivity index is 2.70. The van der Waals surface area contributed by atoms with Crippen molar-refractivity contribution in [2.24, 2.45) is 0 Å². The molecule has 4 heteroatoms. The molecule has 2 rings (SSSR count). The van der Waals surface area contributed by atoms with Crippen LogP contribution in [0.3, 0.4) is 0 Å². The number of aromatic nitrogens is 1. The summed E-state index contributed by atoms with van der Waals surface area (Å²) in [5.41, 5.74) is 0.995. The smallest absolute Gasteiger partial charge is 0.0935 e. The Kier molecular flexibility index (Phi) is 2.58. The van der Waals surface area contributed by atoms with Gasteiger partial charge in [-0.05, 0) is 34.5 Å². The number of hydrogen-bond acceptors (Lipinski definition) is 2. The van der Waals surface area contributed by atoms with E-state index in [0.717, 1.165) is 26.4 Å². The van der Waals surface area contributed by atoms with Crippen LogP contribution >= 0.6 is 38.9 Å². The second-order valence-electron chi connectivity index (χ2n) is 2.70. The molecule has 1 aromatic heterocycles. The van der Waals surface area contributed by atoms with Crippen molar-refractivity contribution in [1.29, 1.82) is 0 Å². The van der Waals surface area contributed by atoms with Crippen molar-refractivity contribution in [3.05, 3.63) is 26.6 Å². The Hall–Kier alpha value is -0.120. The fraction of sp³-hybridized carbons (Fsp3) is 0.222. The standard InChI is InChI=1S/C9H7BrClNS/c1-2-9-12-7-4-6(11)5(10)3-8(7)13-9/h3-4H,2H2,1H3. The number of thiazole rings is 1. The number of halogens is 2. The zero-order chi connectivity index (χ0) is 9.42. The summed E-state index contributed by atoms with van der Waals surface area (Å²) in [4.78, 5) is 4.45. The highest BCUT2D eigenvalue weighted by Crippen LogP contribution is 2.31. The quantitative estimate of drug-likeness (QED) is 0.758. The predicted molar refractivity (Wildman–Crippen MR) is 61.7 cm³/mol. The molecule has 0 saturated heterocycles. The highest BCUT2D eigenvalue weighted by Gasteiger charge is 2.05. The van der Waals surface area contributed by atoms with Gasteiger partial charge in [-0.25, -0.2) is 4.98 Å². The van der Waals surface area contributed by atoms with E-state index in [1.54, 1.807) is 11.3 Å². The first kappa shape index (κ1) is 9.44. The first-order chi connectivity index (χ1) is 6.20. The van der Waals surface area contributed by atoms with Crippen molar-refractivity contribution in [1.82, 2.24) is 4.98 Å². The van der Waals surface area contributed by atoms with Crippen molar-refractivity contribution >= 4 is 49.1 Å². The lowest BCUT2D eigenvalue weighted by Gasteiger charge is -1.93. The molecule has 0 unspecified atom stereocenters. The van der Waals surface area contributed by atoms with Gasteiger partial charge in [-0.1, -0.05) is 18.5 Å². The van der Waals surface area contributed by atoms with Crippen LogP contribution in [0.4, 0.5) is 0 Å². The monoisotopic (exact) mass is 275 g/mol. The van der Waals surface area contributed by atoms with Crippen molar-refractivity contribution in [2.75, 3.05) is 0 Å². The molecule has 0 spiro atoms. The van der Waals surface area contributed by atoms with Gasteiger partial charge in [0.1, 0.15) is 0 Å². The van der Waals surface area contributed by atoms with Gasteiger partial charge in [0.05, 0.1) is 20.2 Å². The van der Waals surface area contributed by atoms with Crippen LogP contribution in [0.25, 0.3) is 10.2 Å². The summed E-state index contributed by atoms with van der Waals surface area (Å²) < 4.78 is 2.13. The summed E-state index contributed by atoms with van der Waals surface area (Å²) in [6.07, 6.45) is 0.981. The fourth-order valence-corrected chi connectivity index (χ4v) is 2.70. The van der Waals surface area contributed by atoms with Crippen LogP contribution in [0, 0.1) is 0 Å². The zero-order valence-corrected chi connectivity index (χ0v) is 10.1. The minimum Gasteiger partial charge on any atom is -0.241 e. The molecule has 2 aromatic rings. The Morgan fingerprint density at radius 2 is 2.31 bits per heavy atom. The van der Waals surface area contributed by atoms with E-state index in [0.29, 0.717) is 0 Å². The van der Waals surface area contributed by atoms with Crippen molar-refractivity contribution in [3.8, 4) is 0 Å². The molecule has 1 aromatic carbocycles. The first-order valence-electron chi connectivity index (χ1n) is 3.95. The second-order valence-corrected chi connectivity index (χ2v) is 5.07. The number of fused-ring (bicyclic) bond motifs is 1. The maximum atomic E-state index is 5.96. The third-order valence-electron chi connectivity index (χ3n) is 1.78. The van der Waals surface area contributed by atoms with E-state index in [9.17, 15) is 0 Å². The minimum absolute atomic E-state index is 0.723. The molecule has 68 valence electrons.